The van der Waals surface area contributed by atoms with E-state index in [9.17, 15) is 4.39 Å². The summed E-state index contributed by atoms with van der Waals surface area (Å²) in [4.78, 5) is 0. The van der Waals surface area contributed by atoms with Gasteiger partial charge in [0.2, 0.25) is 0 Å². The quantitative estimate of drug-likeness (QED) is 0.815. The molecule has 1 N–H and O–H groups in total. The zero-order valence-corrected chi connectivity index (χ0v) is 11.7. The zero-order chi connectivity index (χ0) is 13.0. The van der Waals surface area contributed by atoms with Gasteiger partial charge < -0.3 is 5.32 Å². The van der Waals surface area contributed by atoms with Gasteiger partial charge in [-0.05, 0) is 37.0 Å². The summed E-state index contributed by atoms with van der Waals surface area (Å²) >= 11 is 6.05. The van der Waals surface area contributed by atoms with Crippen LogP contribution in [0.1, 0.15) is 45.7 Å². The molecule has 2 unspecified atom stereocenters. The van der Waals surface area contributed by atoms with Crippen LogP contribution in [0.25, 0.3) is 0 Å². The fraction of sp³-hybridized carbons (Fsp3) is 0.571. The van der Waals surface area contributed by atoms with E-state index in [4.69, 9.17) is 11.6 Å². The number of halogens is 2. The molecule has 2 atom stereocenters. The van der Waals surface area contributed by atoms with Gasteiger partial charge in [0.05, 0.1) is 0 Å². The molecule has 0 aliphatic carbocycles. The summed E-state index contributed by atoms with van der Waals surface area (Å²) in [5.41, 5.74) is 0.951. The summed E-state index contributed by atoms with van der Waals surface area (Å²) in [6, 6.07) is 5.16. The lowest BCUT2D eigenvalue weighted by Crippen LogP contribution is -2.35. The van der Waals surface area contributed by atoms with Crippen molar-refractivity contribution < 1.29 is 4.39 Å². The Morgan fingerprint density at radius 3 is 2.41 bits per heavy atom. The highest BCUT2D eigenvalue weighted by molar-refractivity contribution is 6.31. The first-order valence-electron chi connectivity index (χ1n) is 6.16. The average molecular weight is 258 g/mol. The van der Waals surface area contributed by atoms with E-state index >= 15 is 0 Å². The number of hydrogen-bond acceptors (Lipinski definition) is 1. The molecule has 1 nitrogen and oxygen atoms in total. The molecule has 0 bridgehead atoms. The minimum Gasteiger partial charge on any atom is -0.307 e. The Kier molecular flexibility index (Phi) is 5.41. The van der Waals surface area contributed by atoms with Crippen LogP contribution >= 0.6 is 11.6 Å². The Morgan fingerprint density at radius 2 is 1.94 bits per heavy atom. The van der Waals surface area contributed by atoms with Crippen LogP contribution in [0, 0.1) is 11.7 Å². The molecule has 0 saturated heterocycles. The summed E-state index contributed by atoms with van der Waals surface area (Å²) in [6.45, 7) is 8.61. The molecule has 96 valence electrons. The third-order valence-electron chi connectivity index (χ3n) is 3.14. The number of hydrogen-bond donors (Lipinski definition) is 1. The maximum Gasteiger partial charge on any atom is 0.124 e. The second-order valence-electron chi connectivity index (χ2n) is 4.81. The Morgan fingerprint density at radius 1 is 1.29 bits per heavy atom. The van der Waals surface area contributed by atoms with Crippen molar-refractivity contribution in [3.05, 3.63) is 34.6 Å². The third kappa shape index (κ3) is 3.97. The van der Waals surface area contributed by atoms with Gasteiger partial charge >= 0.3 is 0 Å². The molecular formula is C14H21ClFN. The van der Waals surface area contributed by atoms with E-state index in [-0.39, 0.29) is 11.9 Å². The van der Waals surface area contributed by atoms with Gasteiger partial charge in [-0.25, -0.2) is 4.39 Å². The third-order valence-corrected chi connectivity index (χ3v) is 3.46. The maximum absolute atomic E-state index is 13.0. The van der Waals surface area contributed by atoms with Gasteiger partial charge in [0, 0.05) is 17.1 Å². The smallest absolute Gasteiger partial charge is 0.124 e. The monoisotopic (exact) mass is 257 g/mol. The first-order valence-corrected chi connectivity index (χ1v) is 6.54. The van der Waals surface area contributed by atoms with Gasteiger partial charge in [0.1, 0.15) is 5.82 Å². The summed E-state index contributed by atoms with van der Waals surface area (Å²) in [6.07, 6.45) is 1.07. The SMILES string of the molecule is CCC(NC(C)c1ccc(F)cc1Cl)C(C)C. The van der Waals surface area contributed by atoms with Crippen molar-refractivity contribution in [3.63, 3.8) is 0 Å². The van der Waals surface area contributed by atoms with Crippen LogP contribution < -0.4 is 5.32 Å². The molecule has 0 aliphatic heterocycles. The van der Waals surface area contributed by atoms with Crippen molar-refractivity contribution in [2.45, 2.75) is 46.2 Å². The number of nitrogens with one attached hydrogen (secondary N) is 1. The topological polar surface area (TPSA) is 12.0 Å². The number of benzene rings is 1. The fourth-order valence-corrected chi connectivity index (χ4v) is 2.38. The molecule has 17 heavy (non-hydrogen) atoms. The Bertz CT molecular complexity index is 365. The first-order chi connectivity index (χ1) is 7.95. The Balaban J connectivity index is 2.78. The molecule has 1 aromatic rings. The first kappa shape index (κ1) is 14.5. The average Bonchev–Trinajstić information content (AvgIpc) is 2.24. The van der Waals surface area contributed by atoms with Crippen molar-refractivity contribution in [2.75, 3.05) is 0 Å². The summed E-state index contributed by atoms with van der Waals surface area (Å²) in [7, 11) is 0. The Labute approximate surface area is 108 Å². The lowest BCUT2D eigenvalue weighted by molar-refractivity contribution is 0.356. The van der Waals surface area contributed by atoms with Crippen molar-refractivity contribution in [1.29, 1.82) is 0 Å². The zero-order valence-electron chi connectivity index (χ0n) is 10.9. The van der Waals surface area contributed by atoms with E-state index in [0.29, 0.717) is 17.0 Å². The maximum atomic E-state index is 13.0. The van der Waals surface area contributed by atoms with Crippen LogP contribution in [0.3, 0.4) is 0 Å². The van der Waals surface area contributed by atoms with Crippen molar-refractivity contribution >= 4 is 11.6 Å². The highest BCUT2D eigenvalue weighted by atomic mass is 35.5. The molecule has 0 aromatic heterocycles. The van der Waals surface area contributed by atoms with Gasteiger partial charge in [0.15, 0.2) is 0 Å². The molecule has 0 radical (unpaired) electrons. The van der Waals surface area contributed by atoms with Crippen LogP contribution in [0.2, 0.25) is 5.02 Å². The van der Waals surface area contributed by atoms with E-state index in [1.165, 1.54) is 12.1 Å². The van der Waals surface area contributed by atoms with Gasteiger partial charge in [-0.2, -0.15) is 0 Å². The predicted molar refractivity (Wildman–Crippen MR) is 71.9 cm³/mol. The van der Waals surface area contributed by atoms with Crippen LogP contribution in [-0.2, 0) is 0 Å². The van der Waals surface area contributed by atoms with E-state index in [1.807, 2.05) is 0 Å². The molecule has 3 heteroatoms. The van der Waals surface area contributed by atoms with E-state index in [0.717, 1.165) is 12.0 Å². The molecule has 1 rings (SSSR count). The predicted octanol–water partition coefficient (Wildman–Crippen LogP) is 4.56. The summed E-state index contributed by atoms with van der Waals surface area (Å²) in [5, 5.41) is 4.03. The van der Waals surface area contributed by atoms with Crippen molar-refractivity contribution in [2.24, 2.45) is 5.92 Å². The van der Waals surface area contributed by atoms with Crippen LogP contribution in [0.15, 0.2) is 18.2 Å². The van der Waals surface area contributed by atoms with E-state index in [2.05, 4.69) is 33.0 Å². The van der Waals surface area contributed by atoms with Gasteiger partial charge in [0.25, 0.3) is 0 Å². The van der Waals surface area contributed by atoms with E-state index in [1.54, 1.807) is 6.07 Å². The normalized spacial score (nSPS) is 15.0. The standard InChI is InChI=1S/C14H21ClFN/c1-5-14(9(2)3)17-10(4)12-7-6-11(16)8-13(12)15/h6-10,14,17H,5H2,1-4H3. The Hall–Kier alpha value is -0.600. The van der Waals surface area contributed by atoms with Crippen LogP contribution in [-0.4, -0.2) is 6.04 Å². The van der Waals surface area contributed by atoms with Gasteiger partial charge in [-0.3, -0.25) is 0 Å². The van der Waals surface area contributed by atoms with Crippen molar-refractivity contribution in [3.8, 4) is 0 Å². The lowest BCUT2D eigenvalue weighted by Gasteiger charge is -2.26. The summed E-state index contributed by atoms with van der Waals surface area (Å²) < 4.78 is 13.0. The molecule has 0 amide bonds. The lowest BCUT2D eigenvalue weighted by atomic mass is 9.99. The molecular weight excluding hydrogens is 237 g/mol. The molecule has 0 aliphatic rings. The second-order valence-corrected chi connectivity index (χ2v) is 5.22. The minimum atomic E-state index is -0.290. The molecule has 0 spiro atoms. The fourth-order valence-electron chi connectivity index (χ4n) is 2.05. The molecule has 0 heterocycles. The van der Waals surface area contributed by atoms with Crippen LogP contribution in [0.4, 0.5) is 4.39 Å². The highest BCUT2D eigenvalue weighted by Gasteiger charge is 2.16. The number of rotatable bonds is 5. The molecule has 1 aromatic carbocycles. The molecule has 0 saturated carbocycles. The minimum absolute atomic E-state index is 0.135. The van der Waals surface area contributed by atoms with Crippen LogP contribution in [0.5, 0.6) is 0 Å². The van der Waals surface area contributed by atoms with Gasteiger partial charge in [-0.1, -0.05) is 38.4 Å². The summed E-state index contributed by atoms with van der Waals surface area (Å²) in [5.74, 6) is 0.281. The van der Waals surface area contributed by atoms with Crippen molar-refractivity contribution in [1.82, 2.24) is 5.32 Å². The molecule has 0 fully saturated rings. The second kappa shape index (κ2) is 6.36. The highest BCUT2D eigenvalue weighted by Crippen LogP contribution is 2.25. The van der Waals surface area contributed by atoms with E-state index < -0.39 is 0 Å². The van der Waals surface area contributed by atoms with Gasteiger partial charge in [-0.15, -0.1) is 0 Å². The largest absolute Gasteiger partial charge is 0.307 e.